The molecule has 0 aromatic heterocycles. The Kier molecular flexibility index (Phi) is 5.45. The molecule has 2 N–H and O–H groups in total. The van der Waals surface area contributed by atoms with E-state index >= 15 is 0 Å². The van der Waals surface area contributed by atoms with Gasteiger partial charge in [0.25, 0.3) is 0 Å². The number of nitrogens with zero attached hydrogens (tertiary/aromatic N) is 1. The third-order valence-corrected chi connectivity index (χ3v) is 2.69. The Bertz CT molecular complexity index is 377. The smallest absolute Gasteiger partial charge is 0.303 e. The number of aliphatic hydroxyl groups excluding tert-OH is 1. The monoisotopic (exact) mass is 253 g/mol. The van der Waals surface area contributed by atoms with Gasteiger partial charge in [0.1, 0.15) is 5.75 Å². The second kappa shape index (κ2) is 6.86. The molecule has 1 aromatic rings. The molecule has 0 bridgehead atoms. The minimum atomic E-state index is -0.888. The summed E-state index contributed by atoms with van der Waals surface area (Å²) in [5.41, 5.74) is 0.949. The number of aliphatic hydroxyl groups is 1. The lowest BCUT2D eigenvalue weighted by atomic mass is 10.2. The molecule has 0 heterocycles. The maximum Gasteiger partial charge on any atom is 0.303 e. The molecule has 1 unspecified atom stereocenters. The van der Waals surface area contributed by atoms with E-state index in [9.17, 15) is 9.90 Å². The Balaban J connectivity index is 2.47. The van der Waals surface area contributed by atoms with E-state index in [0.29, 0.717) is 6.54 Å². The van der Waals surface area contributed by atoms with Crippen LogP contribution in [0.3, 0.4) is 0 Å². The van der Waals surface area contributed by atoms with Gasteiger partial charge in [-0.25, -0.2) is 0 Å². The highest BCUT2D eigenvalue weighted by molar-refractivity contribution is 5.66. The summed E-state index contributed by atoms with van der Waals surface area (Å²) in [6.07, 6.45) is -0.402. The number of ether oxygens (including phenoxy) is 1. The van der Waals surface area contributed by atoms with Crippen molar-refractivity contribution in [1.82, 2.24) is 0 Å². The Labute approximate surface area is 107 Å². The van der Waals surface area contributed by atoms with Gasteiger partial charge in [-0.05, 0) is 30.7 Å². The predicted octanol–water partition coefficient (Wildman–Crippen LogP) is 1.36. The first-order chi connectivity index (χ1) is 8.52. The first kappa shape index (κ1) is 14.3. The van der Waals surface area contributed by atoms with Crippen LogP contribution in [0.15, 0.2) is 24.3 Å². The maximum atomic E-state index is 10.4. The molecule has 0 aliphatic heterocycles. The van der Waals surface area contributed by atoms with Gasteiger partial charge in [0.2, 0.25) is 0 Å². The molecule has 0 fully saturated rings. The lowest BCUT2D eigenvalue weighted by molar-refractivity contribution is -0.137. The van der Waals surface area contributed by atoms with Crippen molar-refractivity contribution in [3.05, 3.63) is 24.3 Å². The molecule has 100 valence electrons. The van der Waals surface area contributed by atoms with E-state index in [1.54, 1.807) is 7.11 Å². The molecule has 1 aromatic carbocycles. The van der Waals surface area contributed by atoms with E-state index in [2.05, 4.69) is 0 Å². The molecule has 0 saturated heterocycles. The van der Waals surface area contributed by atoms with Gasteiger partial charge in [-0.15, -0.1) is 0 Å². The molecule has 0 radical (unpaired) electrons. The van der Waals surface area contributed by atoms with E-state index in [1.807, 2.05) is 36.2 Å². The SMILES string of the molecule is COc1ccc(N(C)CC(O)CCC(=O)O)cc1. The average molecular weight is 253 g/mol. The van der Waals surface area contributed by atoms with Crippen molar-refractivity contribution in [1.29, 1.82) is 0 Å². The molecule has 1 atom stereocenters. The lowest BCUT2D eigenvalue weighted by Crippen LogP contribution is -2.29. The molecule has 0 saturated carbocycles. The Hall–Kier alpha value is -1.75. The summed E-state index contributed by atoms with van der Waals surface area (Å²) in [4.78, 5) is 12.3. The fourth-order valence-corrected chi connectivity index (χ4v) is 1.64. The minimum Gasteiger partial charge on any atom is -0.497 e. The lowest BCUT2D eigenvalue weighted by Gasteiger charge is -2.22. The number of hydrogen-bond acceptors (Lipinski definition) is 4. The highest BCUT2D eigenvalue weighted by Gasteiger charge is 2.10. The second-order valence-electron chi connectivity index (χ2n) is 4.16. The van der Waals surface area contributed by atoms with Crippen molar-refractivity contribution < 1.29 is 19.7 Å². The van der Waals surface area contributed by atoms with Crippen molar-refractivity contribution in [3.63, 3.8) is 0 Å². The van der Waals surface area contributed by atoms with Crippen molar-refractivity contribution in [2.45, 2.75) is 18.9 Å². The van der Waals surface area contributed by atoms with E-state index in [-0.39, 0.29) is 12.8 Å². The summed E-state index contributed by atoms with van der Waals surface area (Å²) in [7, 11) is 3.46. The van der Waals surface area contributed by atoms with Crippen molar-refractivity contribution in [2.24, 2.45) is 0 Å². The maximum absolute atomic E-state index is 10.4. The number of likely N-dealkylation sites (N-methyl/N-ethyl adjacent to an activating group) is 1. The molecule has 5 heteroatoms. The van der Waals surface area contributed by atoms with Crippen LogP contribution < -0.4 is 9.64 Å². The predicted molar refractivity (Wildman–Crippen MR) is 69.1 cm³/mol. The molecular weight excluding hydrogens is 234 g/mol. The molecular formula is C13H19NO4. The van der Waals surface area contributed by atoms with E-state index in [1.165, 1.54) is 0 Å². The number of carboxylic acids is 1. The number of anilines is 1. The third-order valence-electron chi connectivity index (χ3n) is 2.69. The number of hydrogen-bond donors (Lipinski definition) is 2. The van der Waals surface area contributed by atoms with Crippen LogP contribution >= 0.6 is 0 Å². The number of rotatable bonds is 7. The molecule has 0 spiro atoms. The molecule has 18 heavy (non-hydrogen) atoms. The van der Waals surface area contributed by atoms with Crippen molar-refractivity contribution >= 4 is 11.7 Å². The van der Waals surface area contributed by atoms with E-state index in [4.69, 9.17) is 9.84 Å². The van der Waals surface area contributed by atoms with Crippen LogP contribution in [-0.4, -0.2) is 43.0 Å². The number of carboxylic acid groups (broad SMARTS) is 1. The molecule has 5 nitrogen and oxygen atoms in total. The van der Waals surface area contributed by atoms with Gasteiger partial charge in [-0.2, -0.15) is 0 Å². The van der Waals surface area contributed by atoms with Gasteiger partial charge in [0.05, 0.1) is 13.2 Å². The topological polar surface area (TPSA) is 70.0 Å². The normalized spacial score (nSPS) is 11.9. The fourth-order valence-electron chi connectivity index (χ4n) is 1.64. The van der Waals surface area contributed by atoms with Crippen molar-refractivity contribution in [2.75, 3.05) is 25.6 Å². The Morgan fingerprint density at radius 1 is 1.39 bits per heavy atom. The second-order valence-corrected chi connectivity index (χ2v) is 4.16. The fraction of sp³-hybridized carbons (Fsp3) is 0.462. The van der Waals surface area contributed by atoms with Crippen LogP contribution in [0.5, 0.6) is 5.75 Å². The quantitative estimate of drug-likeness (QED) is 0.767. The highest BCUT2D eigenvalue weighted by Crippen LogP contribution is 2.18. The van der Waals surface area contributed by atoms with Gasteiger partial charge < -0.3 is 19.8 Å². The Morgan fingerprint density at radius 2 is 2.00 bits per heavy atom. The third kappa shape index (κ3) is 4.63. The van der Waals surface area contributed by atoms with Gasteiger partial charge in [0, 0.05) is 25.7 Å². The summed E-state index contributed by atoms with van der Waals surface area (Å²) in [5.74, 6) is -0.111. The van der Waals surface area contributed by atoms with Gasteiger partial charge in [-0.3, -0.25) is 4.79 Å². The van der Waals surface area contributed by atoms with Crippen LogP contribution in [0.25, 0.3) is 0 Å². The minimum absolute atomic E-state index is 0.0163. The van der Waals surface area contributed by atoms with Crippen LogP contribution in [0, 0.1) is 0 Å². The number of aliphatic carboxylic acids is 1. The standard InChI is InChI=1S/C13H19NO4/c1-14(9-11(15)5-8-13(16)17)10-3-6-12(18-2)7-4-10/h3-4,6-7,11,15H,5,8-9H2,1-2H3,(H,16,17). The molecule has 0 aliphatic carbocycles. The summed E-state index contributed by atoms with van der Waals surface area (Å²) in [6, 6.07) is 7.47. The molecule has 0 aliphatic rings. The zero-order valence-electron chi connectivity index (χ0n) is 10.7. The summed E-state index contributed by atoms with van der Waals surface area (Å²) in [6.45, 7) is 0.402. The van der Waals surface area contributed by atoms with Crippen LogP contribution in [0.2, 0.25) is 0 Å². The summed E-state index contributed by atoms with van der Waals surface area (Å²) >= 11 is 0. The summed E-state index contributed by atoms with van der Waals surface area (Å²) < 4.78 is 5.06. The summed E-state index contributed by atoms with van der Waals surface area (Å²) in [5, 5.41) is 18.2. The van der Waals surface area contributed by atoms with Crippen LogP contribution in [-0.2, 0) is 4.79 Å². The zero-order chi connectivity index (χ0) is 13.5. The van der Waals surface area contributed by atoms with E-state index < -0.39 is 12.1 Å². The van der Waals surface area contributed by atoms with Gasteiger partial charge in [0.15, 0.2) is 0 Å². The highest BCUT2D eigenvalue weighted by atomic mass is 16.5. The number of methoxy groups -OCH3 is 1. The number of carbonyl (C=O) groups is 1. The first-order valence-corrected chi connectivity index (χ1v) is 5.78. The Morgan fingerprint density at radius 3 is 2.50 bits per heavy atom. The van der Waals surface area contributed by atoms with Crippen LogP contribution in [0.4, 0.5) is 5.69 Å². The van der Waals surface area contributed by atoms with Gasteiger partial charge in [-0.1, -0.05) is 0 Å². The van der Waals surface area contributed by atoms with Gasteiger partial charge >= 0.3 is 5.97 Å². The molecule has 0 amide bonds. The van der Waals surface area contributed by atoms with Crippen molar-refractivity contribution in [3.8, 4) is 5.75 Å². The largest absolute Gasteiger partial charge is 0.497 e. The number of benzene rings is 1. The first-order valence-electron chi connectivity index (χ1n) is 5.78. The average Bonchev–Trinajstić information content (AvgIpc) is 2.36. The zero-order valence-corrected chi connectivity index (χ0v) is 10.7. The molecule has 1 rings (SSSR count). The van der Waals surface area contributed by atoms with Crippen LogP contribution in [0.1, 0.15) is 12.8 Å². The van der Waals surface area contributed by atoms with E-state index in [0.717, 1.165) is 11.4 Å².